The summed E-state index contributed by atoms with van der Waals surface area (Å²) in [5.41, 5.74) is 3.03. The lowest BCUT2D eigenvalue weighted by molar-refractivity contribution is 0.152. The molecular formula is C29H36F2N2OS. The molecule has 35 heavy (non-hydrogen) atoms. The van der Waals surface area contributed by atoms with E-state index in [1.807, 2.05) is 30.3 Å². The van der Waals surface area contributed by atoms with Gasteiger partial charge in [-0.05, 0) is 73.3 Å². The van der Waals surface area contributed by atoms with E-state index in [9.17, 15) is 13.9 Å². The Morgan fingerprint density at radius 3 is 2.11 bits per heavy atom. The van der Waals surface area contributed by atoms with Crippen LogP contribution in [0.15, 0.2) is 85.5 Å². The number of allylic oxidation sites excluding steroid dienone is 3. The number of piperidine rings is 1. The zero-order valence-electron chi connectivity index (χ0n) is 20.2. The van der Waals surface area contributed by atoms with Crippen molar-refractivity contribution < 1.29 is 13.9 Å². The number of hydrogen-bond acceptors (Lipinski definition) is 4. The molecule has 0 radical (unpaired) electrons. The van der Waals surface area contributed by atoms with Gasteiger partial charge in [-0.15, -0.1) is 11.8 Å². The summed E-state index contributed by atoms with van der Waals surface area (Å²) in [5, 5.41) is 13.9. The first-order valence-corrected chi connectivity index (χ1v) is 13.2. The number of benzene rings is 2. The molecule has 0 saturated carbocycles. The van der Waals surface area contributed by atoms with E-state index in [0.29, 0.717) is 19.0 Å². The van der Waals surface area contributed by atoms with Crippen LogP contribution in [0.1, 0.15) is 35.6 Å². The van der Waals surface area contributed by atoms with E-state index in [2.05, 4.69) is 23.4 Å². The number of rotatable bonds is 13. The van der Waals surface area contributed by atoms with E-state index >= 15 is 0 Å². The quantitative estimate of drug-likeness (QED) is 0.338. The first kappa shape index (κ1) is 27.3. The molecule has 0 aromatic heterocycles. The number of nitrogens with zero attached hydrogens (tertiary/aromatic N) is 1. The number of nitrogens with one attached hydrogen (secondary N) is 1. The molecule has 1 saturated heterocycles. The van der Waals surface area contributed by atoms with Gasteiger partial charge in [0.1, 0.15) is 11.6 Å². The molecule has 0 bridgehead atoms. The van der Waals surface area contributed by atoms with Crippen LogP contribution in [0.5, 0.6) is 0 Å². The smallest absolute Gasteiger partial charge is 0.123 e. The number of likely N-dealkylation sites (tertiary alicyclic amines) is 1. The molecule has 188 valence electrons. The Morgan fingerprint density at radius 1 is 1.03 bits per heavy atom. The molecule has 2 N–H and O–H groups in total. The lowest BCUT2D eigenvalue weighted by Gasteiger charge is -2.33. The van der Waals surface area contributed by atoms with Crippen LogP contribution in [-0.4, -0.2) is 54.1 Å². The zero-order valence-corrected chi connectivity index (χ0v) is 21.0. The Kier molecular flexibility index (Phi) is 11.2. The molecular weight excluding hydrogens is 462 g/mol. The van der Waals surface area contributed by atoms with Crippen LogP contribution in [0.3, 0.4) is 0 Å². The summed E-state index contributed by atoms with van der Waals surface area (Å²) in [4.78, 5) is 2.47. The third kappa shape index (κ3) is 9.04. The van der Waals surface area contributed by atoms with Crippen LogP contribution >= 0.6 is 11.8 Å². The molecule has 6 heteroatoms. The van der Waals surface area contributed by atoms with Gasteiger partial charge in [0.15, 0.2) is 0 Å². The average molecular weight is 499 g/mol. The molecule has 1 aliphatic heterocycles. The van der Waals surface area contributed by atoms with Gasteiger partial charge in [0.25, 0.3) is 0 Å². The summed E-state index contributed by atoms with van der Waals surface area (Å²) in [7, 11) is 0. The molecule has 0 spiro atoms. The lowest BCUT2D eigenvalue weighted by Crippen LogP contribution is -2.45. The van der Waals surface area contributed by atoms with Gasteiger partial charge in [-0.1, -0.05) is 55.7 Å². The van der Waals surface area contributed by atoms with Crippen molar-refractivity contribution in [3.63, 3.8) is 0 Å². The van der Waals surface area contributed by atoms with E-state index in [-0.39, 0.29) is 16.9 Å². The Morgan fingerprint density at radius 2 is 1.60 bits per heavy atom. The van der Waals surface area contributed by atoms with Crippen molar-refractivity contribution in [3.8, 4) is 0 Å². The van der Waals surface area contributed by atoms with Gasteiger partial charge in [0, 0.05) is 24.9 Å². The van der Waals surface area contributed by atoms with Gasteiger partial charge in [-0.25, -0.2) is 8.78 Å². The minimum Gasteiger partial charge on any atom is -0.391 e. The Bertz CT molecular complexity index is 908. The maximum absolute atomic E-state index is 13.4. The van der Waals surface area contributed by atoms with Gasteiger partial charge in [-0.2, -0.15) is 0 Å². The van der Waals surface area contributed by atoms with E-state index in [1.54, 1.807) is 23.9 Å². The average Bonchev–Trinajstić information content (AvgIpc) is 2.87. The summed E-state index contributed by atoms with van der Waals surface area (Å²) in [6.07, 6.45) is 7.58. The second kappa shape index (κ2) is 14.3. The van der Waals surface area contributed by atoms with Crippen LogP contribution in [0.4, 0.5) is 8.78 Å². The van der Waals surface area contributed by atoms with Crippen molar-refractivity contribution in [1.29, 1.82) is 0 Å². The molecule has 1 heterocycles. The first-order valence-electron chi connectivity index (χ1n) is 12.2. The summed E-state index contributed by atoms with van der Waals surface area (Å²) in [6, 6.07) is 13.6. The number of aliphatic hydroxyl groups is 1. The highest BCUT2D eigenvalue weighted by Crippen LogP contribution is 2.36. The van der Waals surface area contributed by atoms with Gasteiger partial charge in [0.05, 0.1) is 11.4 Å². The van der Waals surface area contributed by atoms with E-state index in [4.69, 9.17) is 0 Å². The van der Waals surface area contributed by atoms with Crippen LogP contribution in [0.25, 0.3) is 0 Å². The summed E-state index contributed by atoms with van der Waals surface area (Å²) >= 11 is 1.80. The highest BCUT2D eigenvalue weighted by molar-refractivity contribution is 7.99. The predicted molar refractivity (Wildman–Crippen MR) is 144 cm³/mol. The van der Waals surface area contributed by atoms with Crippen LogP contribution in [0, 0.1) is 11.6 Å². The Balaban J connectivity index is 1.43. The molecule has 2 aromatic carbocycles. The standard InChI is InChI=1S/C29H36F2N2OS/c1-3-5-22(4-2)20-28(34)21-32-27-14-16-33(17-15-27)18-19-35-29(23-6-10-25(30)11-7-23)24-8-12-26(31)13-9-24/h3-13,27-29,32,34H,1-2,14-21H2/b22-5+. The normalized spacial score (nSPS) is 16.4. The maximum Gasteiger partial charge on any atom is 0.123 e. The number of thioether (sulfide) groups is 1. The van der Waals surface area contributed by atoms with Crippen molar-refractivity contribution in [1.82, 2.24) is 10.2 Å². The van der Waals surface area contributed by atoms with Crippen LogP contribution in [-0.2, 0) is 0 Å². The molecule has 3 nitrogen and oxygen atoms in total. The van der Waals surface area contributed by atoms with E-state index < -0.39 is 6.10 Å². The van der Waals surface area contributed by atoms with Crippen molar-refractivity contribution in [2.75, 3.05) is 31.9 Å². The van der Waals surface area contributed by atoms with Crippen molar-refractivity contribution in [2.24, 2.45) is 0 Å². The number of hydrogen-bond donors (Lipinski definition) is 2. The molecule has 1 unspecified atom stereocenters. The summed E-state index contributed by atoms with van der Waals surface area (Å²) < 4.78 is 26.9. The second-order valence-corrected chi connectivity index (χ2v) is 10.1. The van der Waals surface area contributed by atoms with Gasteiger partial charge >= 0.3 is 0 Å². The van der Waals surface area contributed by atoms with Gasteiger partial charge in [-0.3, -0.25) is 0 Å². The minimum atomic E-state index is -0.441. The molecule has 3 rings (SSSR count). The molecule has 2 aromatic rings. The summed E-state index contributed by atoms with van der Waals surface area (Å²) in [6.45, 7) is 11.0. The Hall–Kier alpha value is -2.25. The molecule has 0 amide bonds. The van der Waals surface area contributed by atoms with Gasteiger partial charge in [0.2, 0.25) is 0 Å². The number of aliphatic hydroxyl groups excluding tert-OH is 1. The molecule has 0 aliphatic carbocycles. The first-order chi connectivity index (χ1) is 17.0. The van der Waals surface area contributed by atoms with Crippen molar-refractivity contribution in [3.05, 3.63) is 108 Å². The zero-order chi connectivity index (χ0) is 25.0. The SMILES string of the molecule is C=C/C=C(\C=C)CC(O)CNC1CCN(CCSC(c2ccc(F)cc2)c2ccc(F)cc2)CC1. The predicted octanol–water partition coefficient (Wildman–Crippen LogP) is 5.89. The summed E-state index contributed by atoms with van der Waals surface area (Å²) in [5.74, 6) is 0.417. The molecule has 1 fully saturated rings. The highest BCUT2D eigenvalue weighted by atomic mass is 32.2. The second-order valence-electron chi connectivity index (χ2n) is 8.92. The largest absolute Gasteiger partial charge is 0.391 e. The van der Waals surface area contributed by atoms with E-state index in [1.165, 1.54) is 24.3 Å². The monoisotopic (exact) mass is 498 g/mol. The molecule has 1 atom stereocenters. The van der Waals surface area contributed by atoms with Crippen LogP contribution in [0.2, 0.25) is 0 Å². The number of halogens is 2. The third-order valence-electron chi connectivity index (χ3n) is 6.33. The fraction of sp³-hybridized carbons (Fsp3) is 0.379. The topological polar surface area (TPSA) is 35.5 Å². The highest BCUT2D eigenvalue weighted by Gasteiger charge is 2.21. The molecule has 1 aliphatic rings. The Labute approximate surface area is 212 Å². The minimum absolute atomic E-state index is 0.0347. The van der Waals surface area contributed by atoms with Crippen molar-refractivity contribution in [2.45, 2.75) is 36.7 Å². The van der Waals surface area contributed by atoms with E-state index in [0.717, 1.165) is 54.9 Å². The van der Waals surface area contributed by atoms with Gasteiger partial charge < -0.3 is 15.3 Å². The fourth-order valence-electron chi connectivity index (χ4n) is 4.34. The van der Waals surface area contributed by atoms with Crippen LogP contribution < -0.4 is 5.32 Å². The van der Waals surface area contributed by atoms with Crippen molar-refractivity contribution >= 4 is 11.8 Å². The third-order valence-corrected chi connectivity index (χ3v) is 7.63. The maximum atomic E-state index is 13.4. The lowest BCUT2D eigenvalue weighted by atomic mass is 10.0. The fourth-order valence-corrected chi connectivity index (χ4v) is 5.64.